The van der Waals surface area contributed by atoms with E-state index in [0.717, 1.165) is 37.7 Å². The zero-order valence-corrected chi connectivity index (χ0v) is 10.5. The highest BCUT2D eigenvalue weighted by molar-refractivity contribution is 4.98. The van der Waals surface area contributed by atoms with E-state index in [0.29, 0.717) is 0 Å². The molecule has 0 aromatic carbocycles. The highest BCUT2D eigenvalue weighted by atomic mass is 16.5. The van der Waals surface area contributed by atoms with Gasteiger partial charge in [0.1, 0.15) is 0 Å². The molecule has 0 spiro atoms. The predicted octanol–water partition coefficient (Wildman–Crippen LogP) is 1.24. The highest BCUT2D eigenvalue weighted by Crippen LogP contribution is 2.34. The first-order valence-electron chi connectivity index (χ1n) is 6.75. The Kier molecular flexibility index (Phi) is 2.73. The monoisotopic (exact) mass is 224 g/mol. The van der Waals surface area contributed by atoms with E-state index in [4.69, 9.17) is 4.74 Å². The molecule has 3 saturated heterocycles. The summed E-state index contributed by atoms with van der Waals surface area (Å²) in [5, 5.41) is 3.73. The molecule has 3 rings (SSSR count). The third-order valence-electron chi connectivity index (χ3n) is 4.43. The first kappa shape index (κ1) is 11.0. The van der Waals surface area contributed by atoms with Crippen molar-refractivity contribution in [1.29, 1.82) is 0 Å². The van der Waals surface area contributed by atoms with Crippen LogP contribution in [-0.2, 0) is 4.74 Å². The lowest BCUT2D eigenvalue weighted by molar-refractivity contribution is -0.0894. The molecular formula is C13H24N2O. The van der Waals surface area contributed by atoms with Crippen molar-refractivity contribution in [2.45, 2.75) is 50.8 Å². The van der Waals surface area contributed by atoms with Crippen LogP contribution in [0.25, 0.3) is 0 Å². The molecule has 0 radical (unpaired) electrons. The second-order valence-electron chi connectivity index (χ2n) is 6.39. The van der Waals surface area contributed by atoms with Crippen molar-refractivity contribution < 1.29 is 4.74 Å². The SMILES string of the molecule is CC1(C)CN(CC2CC3CCC2N3)CCO1. The van der Waals surface area contributed by atoms with E-state index < -0.39 is 0 Å². The molecule has 92 valence electrons. The molecule has 0 aliphatic carbocycles. The molecular weight excluding hydrogens is 200 g/mol. The predicted molar refractivity (Wildman–Crippen MR) is 64.5 cm³/mol. The molecule has 0 amide bonds. The Morgan fingerprint density at radius 1 is 1.38 bits per heavy atom. The number of fused-ring (bicyclic) bond motifs is 2. The molecule has 1 N–H and O–H groups in total. The van der Waals surface area contributed by atoms with Gasteiger partial charge in [0.2, 0.25) is 0 Å². The largest absolute Gasteiger partial charge is 0.373 e. The Balaban J connectivity index is 1.55. The summed E-state index contributed by atoms with van der Waals surface area (Å²) in [6, 6.07) is 1.65. The summed E-state index contributed by atoms with van der Waals surface area (Å²) in [6.45, 7) is 8.82. The van der Waals surface area contributed by atoms with Gasteiger partial charge < -0.3 is 10.1 Å². The van der Waals surface area contributed by atoms with Crippen LogP contribution in [0.2, 0.25) is 0 Å². The van der Waals surface area contributed by atoms with E-state index in [1.54, 1.807) is 0 Å². The van der Waals surface area contributed by atoms with Crippen molar-refractivity contribution in [1.82, 2.24) is 10.2 Å². The van der Waals surface area contributed by atoms with Crippen molar-refractivity contribution in [3.05, 3.63) is 0 Å². The Bertz CT molecular complexity index is 267. The van der Waals surface area contributed by atoms with Gasteiger partial charge in [-0.2, -0.15) is 0 Å². The van der Waals surface area contributed by atoms with Gasteiger partial charge in [-0.05, 0) is 39.0 Å². The molecule has 0 saturated carbocycles. The minimum absolute atomic E-state index is 0.0588. The molecule has 3 nitrogen and oxygen atoms in total. The third kappa shape index (κ3) is 2.13. The number of hydrogen-bond donors (Lipinski definition) is 1. The lowest BCUT2D eigenvalue weighted by Crippen LogP contribution is -2.50. The van der Waals surface area contributed by atoms with E-state index in [9.17, 15) is 0 Å². The first-order chi connectivity index (χ1) is 7.62. The maximum Gasteiger partial charge on any atom is 0.0753 e. The fourth-order valence-corrected chi connectivity index (χ4v) is 3.74. The third-order valence-corrected chi connectivity index (χ3v) is 4.43. The summed E-state index contributed by atoms with van der Waals surface area (Å²) in [7, 11) is 0. The molecule has 3 aliphatic rings. The van der Waals surface area contributed by atoms with Crippen LogP contribution >= 0.6 is 0 Å². The molecule has 2 bridgehead atoms. The lowest BCUT2D eigenvalue weighted by atomic mass is 9.88. The molecule has 3 heteroatoms. The topological polar surface area (TPSA) is 24.5 Å². The van der Waals surface area contributed by atoms with Crippen LogP contribution in [0.15, 0.2) is 0 Å². The second-order valence-corrected chi connectivity index (χ2v) is 6.39. The Labute approximate surface area is 98.5 Å². The molecule has 16 heavy (non-hydrogen) atoms. The van der Waals surface area contributed by atoms with Gasteiger partial charge in [0.15, 0.2) is 0 Å². The fraction of sp³-hybridized carbons (Fsp3) is 1.00. The van der Waals surface area contributed by atoms with Gasteiger partial charge >= 0.3 is 0 Å². The van der Waals surface area contributed by atoms with Gasteiger partial charge in [0.05, 0.1) is 12.2 Å². The zero-order chi connectivity index (χ0) is 11.2. The number of hydrogen-bond acceptors (Lipinski definition) is 3. The maximum atomic E-state index is 5.76. The molecule has 3 fully saturated rings. The van der Waals surface area contributed by atoms with Gasteiger partial charge in [0.25, 0.3) is 0 Å². The highest BCUT2D eigenvalue weighted by Gasteiger charge is 2.40. The van der Waals surface area contributed by atoms with Crippen molar-refractivity contribution in [3.8, 4) is 0 Å². The van der Waals surface area contributed by atoms with Gasteiger partial charge in [-0.3, -0.25) is 4.90 Å². The number of ether oxygens (including phenoxy) is 1. The molecule has 0 aromatic heterocycles. The van der Waals surface area contributed by atoms with Gasteiger partial charge in [-0.15, -0.1) is 0 Å². The normalized spacial score (nSPS) is 42.8. The van der Waals surface area contributed by atoms with E-state index in [-0.39, 0.29) is 5.60 Å². The van der Waals surface area contributed by atoms with Crippen molar-refractivity contribution in [2.24, 2.45) is 5.92 Å². The zero-order valence-electron chi connectivity index (χ0n) is 10.5. The quantitative estimate of drug-likeness (QED) is 0.764. The summed E-state index contributed by atoms with van der Waals surface area (Å²) in [4.78, 5) is 2.61. The van der Waals surface area contributed by atoms with Crippen LogP contribution in [0, 0.1) is 5.92 Å². The minimum atomic E-state index is 0.0588. The maximum absolute atomic E-state index is 5.76. The summed E-state index contributed by atoms with van der Waals surface area (Å²) in [5.74, 6) is 0.896. The van der Waals surface area contributed by atoms with Crippen LogP contribution < -0.4 is 5.32 Å². The molecule has 3 unspecified atom stereocenters. The van der Waals surface area contributed by atoms with E-state index in [2.05, 4.69) is 24.1 Å². The molecule has 3 aliphatic heterocycles. The Morgan fingerprint density at radius 2 is 2.25 bits per heavy atom. The fourth-order valence-electron chi connectivity index (χ4n) is 3.74. The van der Waals surface area contributed by atoms with Gasteiger partial charge in [0, 0.05) is 31.7 Å². The van der Waals surface area contributed by atoms with Crippen molar-refractivity contribution in [3.63, 3.8) is 0 Å². The average molecular weight is 224 g/mol. The number of rotatable bonds is 2. The van der Waals surface area contributed by atoms with E-state index >= 15 is 0 Å². The smallest absolute Gasteiger partial charge is 0.0753 e. The summed E-state index contributed by atoms with van der Waals surface area (Å²) in [6.07, 6.45) is 4.22. The van der Waals surface area contributed by atoms with Crippen LogP contribution in [0.3, 0.4) is 0 Å². The van der Waals surface area contributed by atoms with Crippen molar-refractivity contribution in [2.75, 3.05) is 26.2 Å². The number of nitrogens with one attached hydrogen (secondary N) is 1. The second kappa shape index (κ2) is 3.97. The van der Waals surface area contributed by atoms with Crippen LogP contribution in [0.1, 0.15) is 33.1 Å². The standard InChI is InChI=1S/C13H24N2O/c1-13(2)9-15(5-6-16-13)8-10-7-11-3-4-12(10)14-11/h10-12,14H,3-9H2,1-2H3. The first-order valence-corrected chi connectivity index (χ1v) is 6.75. The lowest BCUT2D eigenvalue weighted by Gasteiger charge is -2.40. The van der Waals surface area contributed by atoms with Crippen molar-refractivity contribution >= 4 is 0 Å². The average Bonchev–Trinajstić information content (AvgIpc) is 2.77. The Morgan fingerprint density at radius 3 is 2.88 bits per heavy atom. The van der Waals surface area contributed by atoms with E-state index in [1.165, 1.54) is 25.8 Å². The number of nitrogens with zero attached hydrogens (tertiary/aromatic N) is 1. The number of morpholine rings is 1. The van der Waals surface area contributed by atoms with Crippen LogP contribution in [0.4, 0.5) is 0 Å². The van der Waals surface area contributed by atoms with Crippen LogP contribution in [0.5, 0.6) is 0 Å². The molecule has 3 atom stereocenters. The summed E-state index contributed by atoms with van der Waals surface area (Å²) < 4.78 is 5.76. The Hall–Kier alpha value is -0.120. The van der Waals surface area contributed by atoms with Gasteiger partial charge in [-0.1, -0.05) is 0 Å². The minimum Gasteiger partial charge on any atom is -0.373 e. The molecule has 0 aromatic rings. The summed E-state index contributed by atoms with van der Waals surface area (Å²) >= 11 is 0. The van der Waals surface area contributed by atoms with Crippen LogP contribution in [-0.4, -0.2) is 48.8 Å². The van der Waals surface area contributed by atoms with E-state index in [1.807, 2.05) is 0 Å². The molecule has 3 heterocycles. The van der Waals surface area contributed by atoms with Gasteiger partial charge in [-0.25, -0.2) is 0 Å². The summed E-state index contributed by atoms with van der Waals surface area (Å²) in [5.41, 5.74) is 0.0588.